The van der Waals surface area contributed by atoms with E-state index in [1.54, 1.807) is 30.3 Å². The van der Waals surface area contributed by atoms with Crippen LogP contribution in [-0.4, -0.2) is 68.0 Å². The highest BCUT2D eigenvalue weighted by molar-refractivity contribution is 5.88. The summed E-state index contributed by atoms with van der Waals surface area (Å²) in [5.41, 5.74) is 0.767. The summed E-state index contributed by atoms with van der Waals surface area (Å²) in [5.74, 6) is -3.60. The SMILES string of the molecule is COC(=O)[C@@H](NC(=O)C(F)(F)F)[C@@H]1O[C@@H](OC)[C@H](OCc2ccccc2)[C@H]1O. The van der Waals surface area contributed by atoms with Gasteiger partial charge < -0.3 is 29.4 Å². The third-order valence-electron chi connectivity index (χ3n) is 4.08. The lowest BCUT2D eigenvalue weighted by Gasteiger charge is -2.25. The second-order valence-corrected chi connectivity index (χ2v) is 5.93. The van der Waals surface area contributed by atoms with Gasteiger partial charge in [-0.05, 0) is 5.56 Å². The number of carbonyl (C=O) groups is 2. The van der Waals surface area contributed by atoms with Gasteiger partial charge in [0, 0.05) is 7.11 Å². The molecule has 0 radical (unpaired) electrons. The molecular formula is C17H20F3NO7. The van der Waals surface area contributed by atoms with Crippen LogP contribution in [0.4, 0.5) is 13.2 Å². The zero-order chi connectivity index (χ0) is 20.9. The largest absolute Gasteiger partial charge is 0.471 e. The second-order valence-electron chi connectivity index (χ2n) is 5.93. The van der Waals surface area contributed by atoms with E-state index in [4.69, 9.17) is 14.2 Å². The van der Waals surface area contributed by atoms with Gasteiger partial charge in [0.05, 0.1) is 13.7 Å². The third kappa shape index (κ3) is 5.19. The quantitative estimate of drug-likeness (QED) is 0.636. The molecule has 1 fully saturated rings. The van der Waals surface area contributed by atoms with Crippen LogP contribution in [0.3, 0.4) is 0 Å². The second kappa shape index (κ2) is 9.32. The number of esters is 1. The molecule has 11 heteroatoms. The van der Waals surface area contributed by atoms with Crippen molar-refractivity contribution in [3.8, 4) is 0 Å². The molecule has 5 atom stereocenters. The highest BCUT2D eigenvalue weighted by Gasteiger charge is 2.52. The summed E-state index contributed by atoms with van der Waals surface area (Å²) in [7, 11) is 2.16. The predicted molar refractivity (Wildman–Crippen MR) is 86.7 cm³/mol. The van der Waals surface area contributed by atoms with Gasteiger partial charge in [0.2, 0.25) is 0 Å². The minimum atomic E-state index is -5.24. The summed E-state index contributed by atoms with van der Waals surface area (Å²) in [6.45, 7) is 0.0519. The molecule has 0 aliphatic carbocycles. The van der Waals surface area contributed by atoms with Crippen LogP contribution in [0.25, 0.3) is 0 Å². The van der Waals surface area contributed by atoms with Crippen molar-refractivity contribution in [2.75, 3.05) is 14.2 Å². The summed E-state index contributed by atoms with van der Waals surface area (Å²) in [5, 5.41) is 12.0. The molecule has 28 heavy (non-hydrogen) atoms. The molecule has 0 bridgehead atoms. The Morgan fingerprint density at radius 2 is 1.89 bits per heavy atom. The molecule has 1 heterocycles. The number of halogens is 3. The molecule has 1 amide bonds. The fourth-order valence-electron chi connectivity index (χ4n) is 2.70. The van der Waals surface area contributed by atoms with Crippen LogP contribution in [-0.2, 0) is 35.1 Å². The zero-order valence-corrected chi connectivity index (χ0v) is 15.0. The maximum Gasteiger partial charge on any atom is 0.471 e. The van der Waals surface area contributed by atoms with Gasteiger partial charge in [0.25, 0.3) is 0 Å². The molecule has 1 aliphatic rings. The van der Waals surface area contributed by atoms with Gasteiger partial charge in [-0.25, -0.2) is 4.79 Å². The number of aliphatic hydroxyl groups excluding tert-OH is 1. The van der Waals surface area contributed by atoms with Gasteiger partial charge in [-0.15, -0.1) is 0 Å². The number of aliphatic hydroxyl groups is 1. The molecule has 156 valence electrons. The molecule has 2 rings (SSSR count). The van der Waals surface area contributed by atoms with E-state index in [0.29, 0.717) is 0 Å². The van der Waals surface area contributed by atoms with Gasteiger partial charge >= 0.3 is 18.1 Å². The smallest absolute Gasteiger partial charge is 0.467 e. The number of amides is 1. The normalized spacial score (nSPS) is 25.9. The molecule has 0 saturated carbocycles. The molecule has 8 nitrogen and oxygen atoms in total. The third-order valence-corrected chi connectivity index (χ3v) is 4.08. The predicted octanol–water partition coefficient (Wildman–Crippen LogP) is 0.524. The molecule has 0 aromatic heterocycles. The van der Waals surface area contributed by atoms with Crippen LogP contribution in [0.2, 0.25) is 0 Å². The Hall–Kier alpha value is -2.21. The van der Waals surface area contributed by atoms with E-state index < -0.39 is 48.7 Å². The minimum Gasteiger partial charge on any atom is -0.467 e. The van der Waals surface area contributed by atoms with Crippen LogP contribution in [0.5, 0.6) is 0 Å². The fraction of sp³-hybridized carbons (Fsp3) is 0.529. The van der Waals surface area contributed by atoms with E-state index >= 15 is 0 Å². The average Bonchev–Trinajstić information content (AvgIpc) is 2.99. The highest BCUT2D eigenvalue weighted by Crippen LogP contribution is 2.28. The van der Waals surface area contributed by atoms with Crippen LogP contribution in [0.1, 0.15) is 5.56 Å². The number of alkyl halides is 3. The number of hydrogen-bond acceptors (Lipinski definition) is 7. The van der Waals surface area contributed by atoms with Gasteiger partial charge in [0.15, 0.2) is 12.3 Å². The maximum atomic E-state index is 12.6. The van der Waals surface area contributed by atoms with Crippen LogP contribution < -0.4 is 5.32 Å². The van der Waals surface area contributed by atoms with Gasteiger partial charge in [-0.2, -0.15) is 13.2 Å². The van der Waals surface area contributed by atoms with Crippen molar-refractivity contribution >= 4 is 11.9 Å². The molecular weight excluding hydrogens is 387 g/mol. The first kappa shape index (κ1) is 22.1. The van der Waals surface area contributed by atoms with E-state index in [1.807, 2.05) is 0 Å². The van der Waals surface area contributed by atoms with Gasteiger partial charge in [0.1, 0.15) is 18.3 Å². The van der Waals surface area contributed by atoms with Crippen molar-refractivity contribution in [1.82, 2.24) is 5.32 Å². The number of rotatable bonds is 7. The first-order valence-electron chi connectivity index (χ1n) is 8.16. The highest BCUT2D eigenvalue weighted by atomic mass is 19.4. The minimum absolute atomic E-state index is 0.0519. The molecule has 0 unspecified atom stereocenters. The Morgan fingerprint density at radius 1 is 1.25 bits per heavy atom. The van der Waals surface area contributed by atoms with E-state index in [1.165, 1.54) is 12.4 Å². The van der Waals surface area contributed by atoms with Crippen LogP contribution in [0, 0.1) is 0 Å². The van der Waals surface area contributed by atoms with E-state index in [-0.39, 0.29) is 6.61 Å². The summed E-state index contributed by atoms with van der Waals surface area (Å²) in [6.07, 6.45) is -10.7. The maximum absolute atomic E-state index is 12.6. The number of carbonyl (C=O) groups excluding carboxylic acids is 2. The lowest BCUT2D eigenvalue weighted by Crippen LogP contribution is -2.56. The Labute approximate surface area is 158 Å². The number of methoxy groups -OCH3 is 2. The van der Waals surface area contributed by atoms with E-state index in [0.717, 1.165) is 12.7 Å². The van der Waals surface area contributed by atoms with Gasteiger partial charge in [-0.1, -0.05) is 30.3 Å². The van der Waals surface area contributed by atoms with Crippen molar-refractivity contribution in [2.45, 2.75) is 43.4 Å². The van der Waals surface area contributed by atoms with E-state index in [2.05, 4.69) is 4.74 Å². The Balaban J connectivity index is 2.15. The zero-order valence-electron chi connectivity index (χ0n) is 15.0. The number of ether oxygens (including phenoxy) is 4. The number of hydrogen-bond donors (Lipinski definition) is 2. The fourth-order valence-corrected chi connectivity index (χ4v) is 2.70. The van der Waals surface area contributed by atoms with Gasteiger partial charge in [-0.3, -0.25) is 4.79 Å². The molecule has 1 aromatic carbocycles. The van der Waals surface area contributed by atoms with Crippen LogP contribution >= 0.6 is 0 Å². The summed E-state index contributed by atoms with van der Waals surface area (Å²) >= 11 is 0. The van der Waals surface area contributed by atoms with Crippen molar-refractivity contribution in [3.63, 3.8) is 0 Å². The Kier molecular flexibility index (Phi) is 7.35. The molecule has 1 aliphatic heterocycles. The lowest BCUT2D eigenvalue weighted by molar-refractivity contribution is -0.183. The first-order valence-corrected chi connectivity index (χ1v) is 8.16. The molecule has 2 N–H and O–H groups in total. The molecule has 1 aromatic rings. The lowest BCUT2D eigenvalue weighted by atomic mass is 10.0. The summed E-state index contributed by atoms with van der Waals surface area (Å²) in [4.78, 5) is 23.2. The molecule has 0 spiro atoms. The topological polar surface area (TPSA) is 103 Å². The van der Waals surface area contributed by atoms with Crippen LogP contribution in [0.15, 0.2) is 30.3 Å². The Morgan fingerprint density at radius 3 is 2.43 bits per heavy atom. The summed E-state index contributed by atoms with van der Waals surface area (Å²) < 4.78 is 58.1. The average molecular weight is 407 g/mol. The van der Waals surface area contributed by atoms with Crippen molar-refractivity contribution < 1.29 is 46.8 Å². The standard InChI is InChI=1S/C17H20F3NO7/c1-25-14(23)10(21-16(24)17(18,19)20)12-11(22)13(15(26-2)28-12)27-8-9-6-4-3-5-7-9/h3-7,10-13,15,22H,8H2,1-2H3,(H,21,24)/t10-,11-,12-,13+,15+/m0/s1. The number of nitrogens with one attached hydrogen (secondary N) is 1. The molecule has 1 saturated heterocycles. The number of benzene rings is 1. The first-order chi connectivity index (χ1) is 13.2. The van der Waals surface area contributed by atoms with Crippen molar-refractivity contribution in [2.24, 2.45) is 0 Å². The summed E-state index contributed by atoms with van der Waals surface area (Å²) in [6, 6.07) is 6.96. The van der Waals surface area contributed by atoms with Crippen molar-refractivity contribution in [1.29, 1.82) is 0 Å². The van der Waals surface area contributed by atoms with Crippen molar-refractivity contribution in [3.05, 3.63) is 35.9 Å². The Bertz CT molecular complexity index is 670. The van der Waals surface area contributed by atoms with E-state index in [9.17, 15) is 27.9 Å². The monoisotopic (exact) mass is 407 g/mol.